The topological polar surface area (TPSA) is 90.8 Å². The van der Waals surface area contributed by atoms with Gasteiger partial charge in [-0.25, -0.2) is 10.2 Å². The second kappa shape index (κ2) is 8.51. The van der Waals surface area contributed by atoms with E-state index in [4.69, 9.17) is 10.2 Å². The van der Waals surface area contributed by atoms with Crippen molar-refractivity contribution in [1.29, 1.82) is 0 Å². The minimum absolute atomic E-state index is 0.279. The van der Waals surface area contributed by atoms with Crippen molar-refractivity contribution >= 4 is 6.09 Å². The molecule has 6 heteroatoms. The van der Waals surface area contributed by atoms with Crippen LogP contribution in [0.15, 0.2) is 37.1 Å². The van der Waals surface area contributed by atoms with Gasteiger partial charge in [0, 0.05) is 0 Å². The van der Waals surface area contributed by atoms with E-state index in [-0.39, 0.29) is 6.61 Å². The van der Waals surface area contributed by atoms with Crippen LogP contribution < -0.4 is 10.9 Å². The molecule has 0 aromatic carbocycles. The van der Waals surface area contributed by atoms with Crippen molar-refractivity contribution in [3.63, 3.8) is 0 Å². The van der Waals surface area contributed by atoms with Crippen LogP contribution in [0.3, 0.4) is 0 Å². The zero-order valence-corrected chi connectivity index (χ0v) is 8.85. The molecule has 0 rings (SSSR count). The highest BCUT2D eigenvalue weighted by atomic mass is 16.6. The maximum absolute atomic E-state index is 11.0. The van der Waals surface area contributed by atoms with Crippen LogP contribution in [0, 0.1) is 0 Å². The van der Waals surface area contributed by atoms with Gasteiger partial charge in [-0.1, -0.05) is 19.2 Å². The molecule has 0 aromatic heterocycles. The Labute approximate surface area is 93.9 Å². The van der Waals surface area contributed by atoms with Crippen LogP contribution in [0.5, 0.6) is 0 Å². The molecule has 0 aromatic rings. The maximum Gasteiger partial charge on any atom is 0.426 e. The van der Waals surface area contributed by atoms with Gasteiger partial charge in [0.25, 0.3) is 0 Å². The number of hydrogen-bond acceptors (Lipinski definition) is 5. The molecule has 6 nitrogen and oxygen atoms in total. The Morgan fingerprint density at radius 1 is 1.44 bits per heavy atom. The number of carbonyl (C=O) groups excluding carboxylic acids is 1. The first-order valence-electron chi connectivity index (χ1n) is 4.57. The summed E-state index contributed by atoms with van der Waals surface area (Å²) in [7, 11) is 0. The molecule has 0 heterocycles. The number of hydrogen-bond donors (Lipinski definition) is 4. The van der Waals surface area contributed by atoms with Crippen molar-refractivity contribution in [3.05, 3.63) is 37.1 Å². The number of carbonyl (C=O) groups is 1. The first-order chi connectivity index (χ1) is 7.63. The minimum atomic E-state index is -1.08. The van der Waals surface area contributed by atoms with Crippen LogP contribution in [0.4, 0.5) is 4.79 Å². The number of aliphatic hydroxyl groups excluding tert-OH is 2. The Bertz CT molecular complexity index is 276. The Morgan fingerprint density at radius 3 is 2.62 bits per heavy atom. The second-order valence-corrected chi connectivity index (χ2v) is 2.75. The van der Waals surface area contributed by atoms with E-state index in [1.807, 2.05) is 0 Å². The number of ether oxygens (including phenoxy) is 1. The molecule has 16 heavy (non-hydrogen) atoms. The zero-order chi connectivity index (χ0) is 12.4. The first kappa shape index (κ1) is 14.2. The summed E-state index contributed by atoms with van der Waals surface area (Å²) in [6.45, 7) is 6.24. The number of hydrazine groups is 1. The third-order valence-electron chi connectivity index (χ3n) is 1.44. The van der Waals surface area contributed by atoms with Gasteiger partial charge in [0.15, 0.2) is 0 Å². The van der Waals surface area contributed by atoms with Crippen LogP contribution in [-0.2, 0) is 4.74 Å². The molecular weight excluding hydrogens is 212 g/mol. The zero-order valence-electron chi connectivity index (χ0n) is 8.85. The van der Waals surface area contributed by atoms with Crippen LogP contribution in [0.1, 0.15) is 0 Å². The highest BCUT2D eigenvalue weighted by Gasteiger charge is 2.06. The van der Waals surface area contributed by atoms with E-state index in [1.54, 1.807) is 6.08 Å². The summed E-state index contributed by atoms with van der Waals surface area (Å²) in [4.78, 5) is 11.0. The third-order valence-corrected chi connectivity index (χ3v) is 1.44. The van der Waals surface area contributed by atoms with Crippen molar-refractivity contribution in [2.24, 2.45) is 0 Å². The van der Waals surface area contributed by atoms with Crippen LogP contribution in [-0.4, -0.2) is 35.6 Å². The van der Waals surface area contributed by atoms with E-state index >= 15 is 0 Å². The van der Waals surface area contributed by atoms with Gasteiger partial charge >= 0.3 is 6.09 Å². The van der Waals surface area contributed by atoms with E-state index < -0.39 is 18.8 Å². The minimum Gasteiger partial charge on any atom is -0.446 e. The Hall–Kier alpha value is -1.79. The van der Waals surface area contributed by atoms with Gasteiger partial charge in [0.2, 0.25) is 0 Å². The van der Waals surface area contributed by atoms with Crippen molar-refractivity contribution in [1.82, 2.24) is 10.9 Å². The van der Waals surface area contributed by atoms with Crippen molar-refractivity contribution in [3.8, 4) is 0 Å². The molecule has 1 unspecified atom stereocenters. The van der Waals surface area contributed by atoms with Crippen LogP contribution in [0.2, 0.25) is 0 Å². The molecular formula is C10H16N2O4. The average molecular weight is 228 g/mol. The largest absolute Gasteiger partial charge is 0.446 e. The molecule has 0 aliphatic heterocycles. The van der Waals surface area contributed by atoms with Crippen molar-refractivity contribution < 1.29 is 19.7 Å². The van der Waals surface area contributed by atoms with Gasteiger partial charge in [-0.05, 0) is 12.2 Å². The highest BCUT2D eigenvalue weighted by Crippen LogP contribution is 1.89. The SMILES string of the molecule is C=C/C=C(\C=C)NNC(=O)OCC(O)CO. The molecule has 0 spiro atoms. The first-order valence-corrected chi connectivity index (χ1v) is 4.57. The smallest absolute Gasteiger partial charge is 0.426 e. The molecule has 0 fully saturated rings. The summed E-state index contributed by atoms with van der Waals surface area (Å²) < 4.78 is 4.56. The molecule has 90 valence electrons. The fourth-order valence-electron chi connectivity index (χ4n) is 0.672. The molecule has 0 saturated carbocycles. The van der Waals surface area contributed by atoms with Crippen LogP contribution in [0.25, 0.3) is 0 Å². The predicted octanol–water partition coefficient (Wildman–Crippen LogP) is -0.174. The number of aliphatic hydroxyl groups is 2. The predicted molar refractivity (Wildman–Crippen MR) is 59.2 cm³/mol. The lowest BCUT2D eigenvalue weighted by Gasteiger charge is -2.11. The highest BCUT2D eigenvalue weighted by molar-refractivity contribution is 5.66. The fourth-order valence-corrected chi connectivity index (χ4v) is 0.672. The summed E-state index contributed by atoms with van der Waals surface area (Å²) in [6.07, 6.45) is 2.74. The van der Waals surface area contributed by atoms with Crippen molar-refractivity contribution in [2.75, 3.05) is 13.2 Å². The normalized spacial score (nSPS) is 12.5. The Balaban J connectivity index is 3.84. The van der Waals surface area contributed by atoms with E-state index in [0.29, 0.717) is 5.70 Å². The number of allylic oxidation sites excluding steroid dienone is 3. The van der Waals surface area contributed by atoms with Gasteiger partial charge < -0.3 is 14.9 Å². The monoisotopic (exact) mass is 228 g/mol. The molecule has 0 radical (unpaired) electrons. The second-order valence-electron chi connectivity index (χ2n) is 2.75. The van der Waals surface area contributed by atoms with Gasteiger partial charge in [-0.3, -0.25) is 5.43 Å². The molecule has 1 atom stereocenters. The molecule has 0 aliphatic carbocycles. The van der Waals surface area contributed by atoms with Gasteiger partial charge in [0.05, 0.1) is 12.3 Å². The molecule has 0 saturated heterocycles. The molecule has 4 N–H and O–H groups in total. The Morgan fingerprint density at radius 2 is 2.12 bits per heavy atom. The van der Waals surface area contributed by atoms with Crippen molar-refractivity contribution in [2.45, 2.75) is 6.10 Å². The number of amides is 1. The van der Waals surface area contributed by atoms with Gasteiger partial charge in [0.1, 0.15) is 12.7 Å². The van der Waals surface area contributed by atoms with E-state index in [1.165, 1.54) is 12.2 Å². The number of nitrogens with one attached hydrogen (secondary N) is 2. The van der Waals surface area contributed by atoms with Gasteiger partial charge in [-0.15, -0.1) is 0 Å². The summed E-state index contributed by atoms with van der Waals surface area (Å²) in [5.74, 6) is 0. The van der Waals surface area contributed by atoms with E-state index in [9.17, 15) is 4.79 Å². The lowest BCUT2D eigenvalue weighted by atomic mass is 10.4. The van der Waals surface area contributed by atoms with E-state index in [0.717, 1.165) is 0 Å². The lowest BCUT2D eigenvalue weighted by molar-refractivity contribution is 0.0314. The quantitative estimate of drug-likeness (QED) is 0.358. The maximum atomic E-state index is 11.0. The average Bonchev–Trinajstić information content (AvgIpc) is 2.31. The lowest BCUT2D eigenvalue weighted by Crippen LogP contribution is -2.38. The van der Waals surface area contributed by atoms with Crippen LogP contribution >= 0.6 is 0 Å². The summed E-state index contributed by atoms with van der Waals surface area (Å²) in [5, 5.41) is 17.4. The molecule has 0 bridgehead atoms. The summed E-state index contributed by atoms with van der Waals surface area (Å²) >= 11 is 0. The number of rotatable bonds is 7. The fraction of sp³-hybridized carbons (Fsp3) is 0.300. The van der Waals surface area contributed by atoms with E-state index in [2.05, 4.69) is 28.7 Å². The summed E-state index contributed by atoms with van der Waals surface area (Å²) in [5.41, 5.74) is 5.26. The standard InChI is InChI=1S/C10H16N2O4/c1-3-5-8(4-2)11-12-10(15)16-7-9(14)6-13/h3-5,9,11,13-14H,1-2,6-7H2,(H,12,15)/b8-5+. The summed E-state index contributed by atoms with van der Waals surface area (Å²) in [6, 6.07) is 0. The molecule has 0 aliphatic rings. The molecule has 1 amide bonds. The Kier molecular flexibility index (Phi) is 7.56. The third kappa shape index (κ3) is 6.63. The van der Waals surface area contributed by atoms with Gasteiger partial charge in [-0.2, -0.15) is 0 Å².